The third kappa shape index (κ3) is 4.89. The van der Waals surface area contributed by atoms with Crippen LogP contribution >= 0.6 is 11.6 Å². The molecule has 1 amide bonds. The van der Waals surface area contributed by atoms with Gasteiger partial charge in [0.2, 0.25) is 0 Å². The lowest BCUT2D eigenvalue weighted by molar-refractivity contribution is 0.0945. The predicted molar refractivity (Wildman–Crippen MR) is 107 cm³/mol. The maximum Gasteiger partial charge on any atom is 0.271 e. The summed E-state index contributed by atoms with van der Waals surface area (Å²) >= 11 is 6.10. The summed E-state index contributed by atoms with van der Waals surface area (Å²) < 4.78 is 10.2. The van der Waals surface area contributed by atoms with Crippen molar-refractivity contribution in [3.8, 4) is 11.5 Å². The molecule has 0 unspecified atom stereocenters. The molecule has 0 saturated carbocycles. The average Bonchev–Trinajstić information content (AvgIpc) is 2.73. The van der Waals surface area contributed by atoms with Crippen LogP contribution in [0.15, 0.2) is 54.9 Å². The van der Waals surface area contributed by atoms with Crippen LogP contribution in [0.3, 0.4) is 0 Å². The summed E-state index contributed by atoms with van der Waals surface area (Å²) in [6, 6.07) is 12.7. The van der Waals surface area contributed by atoms with E-state index in [4.69, 9.17) is 21.1 Å². The number of halogens is 1. The van der Waals surface area contributed by atoms with E-state index < -0.39 is 0 Å². The van der Waals surface area contributed by atoms with Crippen molar-refractivity contribution in [1.29, 1.82) is 0 Å². The Labute approximate surface area is 167 Å². The average molecular weight is 399 g/mol. The van der Waals surface area contributed by atoms with Gasteiger partial charge >= 0.3 is 0 Å². The van der Waals surface area contributed by atoms with Gasteiger partial charge in [0, 0.05) is 12.2 Å². The second kappa shape index (κ2) is 9.05. The standard InChI is InChI=1S/C20H19ClN4O3/c1-27-15-6-3-13(4-7-15)10-24-20(26)17-11-23-19(12-22-17)25-14-5-8-18(28-2)16(21)9-14/h3-9,11-12H,10H2,1-2H3,(H,23,25)(H,24,26). The van der Waals surface area contributed by atoms with Crippen molar-refractivity contribution in [3.63, 3.8) is 0 Å². The highest BCUT2D eigenvalue weighted by Gasteiger charge is 2.09. The van der Waals surface area contributed by atoms with Crippen LogP contribution in [0.25, 0.3) is 0 Å². The highest BCUT2D eigenvalue weighted by atomic mass is 35.5. The molecule has 7 nitrogen and oxygen atoms in total. The Morgan fingerprint density at radius 1 is 1.04 bits per heavy atom. The zero-order valence-electron chi connectivity index (χ0n) is 15.4. The lowest BCUT2D eigenvalue weighted by Crippen LogP contribution is -2.24. The molecule has 0 atom stereocenters. The van der Waals surface area contributed by atoms with Crippen LogP contribution < -0.4 is 20.1 Å². The molecule has 0 fully saturated rings. The fourth-order valence-corrected chi connectivity index (χ4v) is 2.68. The number of nitrogens with one attached hydrogen (secondary N) is 2. The van der Waals surface area contributed by atoms with Crippen LogP contribution in [0.4, 0.5) is 11.5 Å². The number of aromatic nitrogens is 2. The Bertz CT molecular complexity index is 947. The van der Waals surface area contributed by atoms with Gasteiger partial charge in [-0.25, -0.2) is 9.97 Å². The Morgan fingerprint density at radius 3 is 2.43 bits per heavy atom. The summed E-state index contributed by atoms with van der Waals surface area (Å²) in [5, 5.41) is 6.36. The Hall–Kier alpha value is -3.32. The topological polar surface area (TPSA) is 85.4 Å². The van der Waals surface area contributed by atoms with E-state index in [-0.39, 0.29) is 11.6 Å². The lowest BCUT2D eigenvalue weighted by atomic mass is 10.2. The molecule has 0 aliphatic rings. The first-order valence-electron chi connectivity index (χ1n) is 8.43. The van der Waals surface area contributed by atoms with Crippen LogP contribution in [-0.2, 0) is 6.54 Å². The molecule has 0 bridgehead atoms. The maximum atomic E-state index is 12.2. The van der Waals surface area contributed by atoms with Gasteiger partial charge < -0.3 is 20.1 Å². The van der Waals surface area contributed by atoms with E-state index in [0.717, 1.165) is 17.0 Å². The molecule has 144 valence electrons. The van der Waals surface area contributed by atoms with Crippen molar-refractivity contribution in [2.75, 3.05) is 19.5 Å². The van der Waals surface area contributed by atoms with Gasteiger partial charge in [0.1, 0.15) is 23.0 Å². The molecule has 3 aromatic rings. The van der Waals surface area contributed by atoms with Gasteiger partial charge in [-0.05, 0) is 35.9 Å². The van der Waals surface area contributed by atoms with Crippen molar-refractivity contribution < 1.29 is 14.3 Å². The zero-order valence-corrected chi connectivity index (χ0v) is 16.2. The molecule has 0 aliphatic carbocycles. The molecule has 3 rings (SSSR count). The van der Waals surface area contributed by atoms with Crippen molar-refractivity contribution in [3.05, 3.63) is 71.1 Å². The van der Waals surface area contributed by atoms with Gasteiger partial charge in [-0.2, -0.15) is 0 Å². The van der Waals surface area contributed by atoms with E-state index in [1.165, 1.54) is 12.4 Å². The van der Waals surface area contributed by atoms with Crippen LogP contribution in [0.5, 0.6) is 11.5 Å². The fourth-order valence-electron chi connectivity index (χ4n) is 2.42. The first kappa shape index (κ1) is 19.4. The Balaban J connectivity index is 1.58. The third-order valence-electron chi connectivity index (χ3n) is 3.92. The molecule has 2 aromatic carbocycles. The van der Waals surface area contributed by atoms with Gasteiger partial charge in [-0.3, -0.25) is 4.79 Å². The summed E-state index contributed by atoms with van der Waals surface area (Å²) in [5.74, 6) is 1.54. The second-order valence-electron chi connectivity index (χ2n) is 5.79. The zero-order chi connectivity index (χ0) is 19.9. The van der Waals surface area contributed by atoms with Crippen LogP contribution in [-0.4, -0.2) is 30.1 Å². The van der Waals surface area contributed by atoms with Crippen molar-refractivity contribution in [2.45, 2.75) is 6.54 Å². The number of ether oxygens (including phenoxy) is 2. The van der Waals surface area contributed by atoms with E-state index in [9.17, 15) is 4.79 Å². The van der Waals surface area contributed by atoms with Gasteiger partial charge in [0.15, 0.2) is 0 Å². The number of nitrogens with zero attached hydrogens (tertiary/aromatic N) is 2. The molecule has 1 aromatic heterocycles. The van der Waals surface area contributed by atoms with Gasteiger partial charge in [0.05, 0.1) is 31.6 Å². The highest BCUT2D eigenvalue weighted by molar-refractivity contribution is 6.32. The Morgan fingerprint density at radius 2 is 1.82 bits per heavy atom. The van der Waals surface area contributed by atoms with E-state index in [2.05, 4.69) is 20.6 Å². The summed E-state index contributed by atoms with van der Waals surface area (Å²) in [7, 11) is 3.16. The van der Waals surface area contributed by atoms with Gasteiger partial charge in [0.25, 0.3) is 5.91 Å². The summed E-state index contributed by atoms with van der Waals surface area (Å²) in [6.07, 6.45) is 2.90. The normalized spacial score (nSPS) is 10.2. The van der Waals surface area contributed by atoms with Crippen molar-refractivity contribution in [2.24, 2.45) is 0 Å². The SMILES string of the molecule is COc1ccc(CNC(=O)c2cnc(Nc3ccc(OC)c(Cl)c3)cn2)cc1. The maximum absolute atomic E-state index is 12.2. The number of anilines is 2. The van der Waals surface area contributed by atoms with Crippen LogP contribution in [0.1, 0.15) is 16.1 Å². The van der Waals surface area contributed by atoms with Gasteiger partial charge in [-0.15, -0.1) is 0 Å². The van der Waals surface area contributed by atoms with Gasteiger partial charge in [-0.1, -0.05) is 23.7 Å². The molecular weight excluding hydrogens is 380 g/mol. The molecule has 1 heterocycles. The van der Waals surface area contributed by atoms with E-state index in [1.807, 2.05) is 30.3 Å². The number of hydrogen-bond donors (Lipinski definition) is 2. The molecule has 0 spiro atoms. The van der Waals surface area contributed by atoms with E-state index >= 15 is 0 Å². The molecule has 8 heteroatoms. The van der Waals surface area contributed by atoms with E-state index in [0.29, 0.717) is 23.1 Å². The molecule has 0 aliphatic heterocycles. The molecule has 28 heavy (non-hydrogen) atoms. The second-order valence-corrected chi connectivity index (χ2v) is 6.20. The molecular formula is C20H19ClN4O3. The first-order valence-corrected chi connectivity index (χ1v) is 8.80. The molecule has 0 saturated heterocycles. The minimum atomic E-state index is -0.303. The Kier molecular flexibility index (Phi) is 6.29. The summed E-state index contributed by atoms with van der Waals surface area (Å²) in [6.45, 7) is 0.384. The quantitative estimate of drug-likeness (QED) is 0.629. The fraction of sp³-hybridized carbons (Fsp3) is 0.150. The molecule has 2 N–H and O–H groups in total. The molecule has 0 radical (unpaired) electrons. The van der Waals surface area contributed by atoms with E-state index in [1.54, 1.807) is 26.4 Å². The highest BCUT2D eigenvalue weighted by Crippen LogP contribution is 2.28. The monoisotopic (exact) mass is 398 g/mol. The smallest absolute Gasteiger partial charge is 0.271 e. The predicted octanol–water partition coefficient (Wildman–Crippen LogP) is 3.82. The number of benzene rings is 2. The minimum Gasteiger partial charge on any atom is -0.497 e. The number of carbonyl (C=O) groups excluding carboxylic acids is 1. The number of methoxy groups -OCH3 is 2. The number of carbonyl (C=O) groups is 1. The van der Waals surface area contributed by atoms with Crippen LogP contribution in [0, 0.1) is 0 Å². The minimum absolute atomic E-state index is 0.229. The van der Waals surface area contributed by atoms with Crippen molar-refractivity contribution in [1.82, 2.24) is 15.3 Å². The summed E-state index contributed by atoms with van der Waals surface area (Å²) in [5.41, 5.74) is 1.92. The number of amides is 1. The number of rotatable bonds is 7. The van der Waals surface area contributed by atoms with Crippen LogP contribution in [0.2, 0.25) is 5.02 Å². The summed E-state index contributed by atoms with van der Waals surface area (Å²) in [4.78, 5) is 20.6. The van der Waals surface area contributed by atoms with Crippen molar-refractivity contribution >= 4 is 29.0 Å². The first-order chi connectivity index (χ1) is 13.6. The largest absolute Gasteiger partial charge is 0.497 e. The number of hydrogen-bond acceptors (Lipinski definition) is 6. The lowest BCUT2D eigenvalue weighted by Gasteiger charge is -2.09. The third-order valence-corrected chi connectivity index (χ3v) is 4.22.